The van der Waals surface area contributed by atoms with E-state index in [1.807, 2.05) is 45.0 Å². The first kappa shape index (κ1) is 31.7. The Bertz CT molecular complexity index is 874. The molecule has 0 aromatic heterocycles. The first-order valence-corrected chi connectivity index (χ1v) is 13.6. The molecule has 2 atom stereocenters. The number of rotatable bonds is 17. The number of nitrogens with one attached hydrogen (secondary N) is 1. The normalized spacial score (nSPS) is 14.5. The summed E-state index contributed by atoms with van der Waals surface area (Å²) in [7, 11) is 0. The molecule has 0 spiro atoms. The van der Waals surface area contributed by atoms with Crippen molar-refractivity contribution in [1.82, 2.24) is 0 Å². The first-order chi connectivity index (χ1) is 16.8. The number of anilines is 1. The van der Waals surface area contributed by atoms with Crippen molar-refractivity contribution in [2.45, 2.75) is 111 Å². The highest BCUT2D eigenvalue weighted by molar-refractivity contribution is 5.96. The Hall–Kier alpha value is -2.33. The van der Waals surface area contributed by atoms with E-state index in [9.17, 15) is 9.90 Å². The molecule has 0 saturated carbocycles. The summed E-state index contributed by atoms with van der Waals surface area (Å²) < 4.78 is 5.96. The molecule has 0 aliphatic carbocycles. The topological polar surface area (TPSA) is 58.6 Å². The number of allylic oxidation sites excluding steroid dienone is 4. The number of carbonyl (C=O) groups is 1. The average Bonchev–Trinajstić information content (AvgIpc) is 2.78. The van der Waals surface area contributed by atoms with E-state index >= 15 is 0 Å². The van der Waals surface area contributed by atoms with Crippen molar-refractivity contribution in [3.05, 3.63) is 65.8 Å². The van der Waals surface area contributed by atoms with Gasteiger partial charge in [0.05, 0.1) is 11.2 Å². The quantitative estimate of drug-likeness (QED) is 0.167. The number of ether oxygens (including phenoxy) is 1. The number of esters is 1. The molecule has 2 unspecified atom stereocenters. The third-order valence-electron chi connectivity index (χ3n) is 6.57. The van der Waals surface area contributed by atoms with Gasteiger partial charge in [0, 0.05) is 12.2 Å². The molecule has 1 aromatic carbocycles. The van der Waals surface area contributed by atoms with Crippen molar-refractivity contribution < 1.29 is 14.6 Å². The van der Waals surface area contributed by atoms with Gasteiger partial charge in [-0.3, -0.25) is 0 Å². The van der Waals surface area contributed by atoms with Gasteiger partial charge in [-0.15, -0.1) is 0 Å². The summed E-state index contributed by atoms with van der Waals surface area (Å²) in [5, 5.41) is 13.3. The Labute approximate surface area is 220 Å². The monoisotopic (exact) mass is 497 g/mol. The third-order valence-corrected chi connectivity index (χ3v) is 6.57. The molecule has 0 fully saturated rings. The second kappa shape index (κ2) is 15.7. The molecule has 0 amide bonds. The van der Waals surface area contributed by atoms with Crippen LogP contribution in [-0.2, 0) is 4.74 Å². The van der Waals surface area contributed by atoms with Gasteiger partial charge in [0.2, 0.25) is 0 Å². The fourth-order valence-electron chi connectivity index (χ4n) is 4.05. The van der Waals surface area contributed by atoms with Crippen LogP contribution in [0.15, 0.2) is 60.2 Å². The minimum absolute atomic E-state index is 0.331. The van der Waals surface area contributed by atoms with Crippen molar-refractivity contribution in [2.24, 2.45) is 5.92 Å². The van der Waals surface area contributed by atoms with E-state index in [2.05, 4.69) is 51.7 Å². The number of carbonyl (C=O) groups excluding carboxylic acids is 1. The zero-order valence-electron chi connectivity index (χ0n) is 24.0. The molecule has 0 radical (unpaired) electrons. The lowest BCUT2D eigenvalue weighted by Gasteiger charge is -2.26. The second-order valence-corrected chi connectivity index (χ2v) is 11.4. The van der Waals surface area contributed by atoms with Crippen LogP contribution in [0.5, 0.6) is 0 Å². The van der Waals surface area contributed by atoms with Crippen LogP contribution in [0.4, 0.5) is 5.69 Å². The summed E-state index contributed by atoms with van der Waals surface area (Å²) in [6.07, 6.45) is 13.8. The first-order valence-electron chi connectivity index (χ1n) is 13.6. The van der Waals surface area contributed by atoms with Crippen molar-refractivity contribution in [3.8, 4) is 0 Å². The van der Waals surface area contributed by atoms with Gasteiger partial charge in [-0.1, -0.05) is 61.8 Å². The van der Waals surface area contributed by atoms with Crippen LogP contribution >= 0.6 is 0 Å². The summed E-state index contributed by atoms with van der Waals surface area (Å²) in [5.41, 5.74) is 2.73. The van der Waals surface area contributed by atoms with Gasteiger partial charge in [0.1, 0.15) is 5.60 Å². The molecular weight excluding hydrogens is 446 g/mol. The van der Waals surface area contributed by atoms with Crippen LogP contribution in [-0.4, -0.2) is 28.8 Å². The number of para-hydroxylation sites is 1. The summed E-state index contributed by atoms with van der Waals surface area (Å²) in [6, 6.07) is 7.54. The zero-order valence-corrected chi connectivity index (χ0v) is 24.0. The molecule has 202 valence electrons. The second-order valence-electron chi connectivity index (χ2n) is 11.4. The van der Waals surface area contributed by atoms with E-state index in [0.717, 1.165) is 57.2 Å². The lowest BCUT2D eigenvalue weighted by Crippen LogP contribution is -2.29. The molecule has 36 heavy (non-hydrogen) atoms. The molecular formula is C32H51NO3. The van der Waals surface area contributed by atoms with E-state index in [0.29, 0.717) is 17.9 Å². The smallest absolute Gasteiger partial charge is 0.341 e. The maximum atomic E-state index is 13.1. The molecule has 2 N–H and O–H groups in total. The molecule has 1 aromatic rings. The van der Waals surface area contributed by atoms with E-state index in [-0.39, 0.29) is 5.97 Å². The zero-order chi connectivity index (χ0) is 27.2. The van der Waals surface area contributed by atoms with Crippen LogP contribution in [0.25, 0.3) is 0 Å². The van der Waals surface area contributed by atoms with Crippen molar-refractivity contribution >= 4 is 11.7 Å². The average molecular weight is 498 g/mol. The molecule has 0 heterocycles. The molecule has 4 heteroatoms. The largest absolute Gasteiger partial charge is 0.451 e. The number of benzene rings is 1. The van der Waals surface area contributed by atoms with E-state index < -0.39 is 11.2 Å². The molecule has 0 aliphatic rings. The molecule has 0 aliphatic heterocycles. The van der Waals surface area contributed by atoms with Crippen molar-refractivity contribution in [3.63, 3.8) is 0 Å². The number of hydrogen-bond donors (Lipinski definition) is 2. The maximum absolute atomic E-state index is 13.1. The van der Waals surface area contributed by atoms with Gasteiger partial charge >= 0.3 is 5.97 Å². The van der Waals surface area contributed by atoms with E-state index in [1.54, 1.807) is 6.08 Å². The van der Waals surface area contributed by atoms with E-state index in [1.165, 1.54) is 11.1 Å². The van der Waals surface area contributed by atoms with Gasteiger partial charge in [-0.05, 0) is 104 Å². The van der Waals surface area contributed by atoms with Gasteiger partial charge < -0.3 is 15.2 Å². The highest BCUT2D eigenvalue weighted by Gasteiger charge is 2.26. The Morgan fingerprint density at radius 2 is 1.78 bits per heavy atom. The SMILES string of the molecule is C=CC(C)(CCC=C(C)CCC=C(C)C)OC(=O)c1ccccc1NCCC(C)CCCC(C)(C)O. The van der Waals surface area contributed by atoms with Crippen molar-refractivity contribution in [2.75, 3.05) is 11.9 Å². The Kier molecular flexibility index (Phi) is 13.8. The molecule has 4 nitrogen and oxygen atoms in total. The van der Waals surface area contributed by atoms with Crippen LogP contribution in [0.2, 0.25) is 0 Å². The Balaban J connectivity index is 2.64. The molecule has 1 rings (SSSR count). The number of hydrogen-bond acceptors (Lipinski definition) is 4. The lowest BCUT2D eigenvalue weighted by molar-refractivity contribution is 0.00845. The lowest BCUT2D eigenvalue weighted by atomic mass is 9.95. The van der Waals surface area contributed by atoms with Gasteiger partial charge in [0.15, 0.2) is 0 Å². The van der Waals surface area contributed by atoms with Crippen LogP contribution < -0.4 is 5.32 Å². The predicted molar refractivity (Wildman–Crippen MR) is 155 cm³/mol. The minimum atomic E-state index is -0.726. The summed E-state index contributed by atoms with van der Waals surface area (Å²) in [6.45, 7) is 19.0. The van der Waals surface area contributed by atoms with Crippen LogP contribution in [0.3, 0.4) is 0 Å². The van der Waals surface area contributed by atoms with Gasteiger partial charge in [-0.25, -0.2) is 4.79 Å². The van der Waals surface area contributed by atoms with Crippen molar-refractivity contribution in [1.29, 1.82) is 0 Å². The van der Waals surface area contributed by atoms with Gasteiger partial charge in [-0.2, -0.15) is 0 Å². The fourth-order valence-corrected chi connectivity index (χ4v) is 4.05. The summed E-state index contributed by atoms with van der Waals surface area (Å²) in [5.74, 6) is 0.213. The third kappa shape index (κ3) is 13.7. The molecule has 0 bridgehead atoms. The Morgan fingerprint density at radius 3 is 2.42 bits per heavy atom. The van der Waals surface area contributed by atoms with E-state index in [4.69, 9.17) is 4.74 Å². The standard InChI is InChI=1S/C32H51NO3/c1-9-32(8,23-14-18-26(4)16-12-15-25(2)3)36-30(34)28-19-10-11-20-29(28)33-24-21-27(5)17-13-22-31(6,7)35/h9-11,15,18-20,27,33,35H,1,12-14,16-17,21-24H2,2-8H3. The predicted octanol–water partition coefficient (Wildman–Crippen LogP) is 8.64. The highest BCUT2D eigenvalue weighted by Crippen LogP contribution is 2.25. The molecule has 0 saturated heterocycles. The maximum Gasteiger partial charge on any atom is 0.341 e. The summed E-state index contributed by atoms with van der Waals surface area (Å²) >= 11 is 0. The summed E-state index contributed by atoms with van der Waals surface area (Å²) in [4.78, 5) is 13.1. The van der Waals surface area contributed by atoms with Crippen LogP contribution in [0, 0.1) is 5.92 Å². The number of aliphatic hydroxyl groups is 1. The highest BCUT2D eigenvalue weighted by atomic mass is 16.6. The Morgan fingerprint density at radius 1 is 1.08 bits per heavy atom. The van der Waals surface area contributed by atoms with Crippen LogP contribution in [0.1, 0.15) is 110 Å². The minimum Gasteiger partial charge on any atom is -0.451 e. The van der Waals surface area contributed by atoms with Gasteiger partial charge in [0.25, 0.3) is 0 Å². The fraction of sp³-hybridized carbons (Fsp3) is 0.594.